The number of hydrogen-bond acceptors (Lipinski definition) is 5. The zero-order valence-corrected chi connectivity index (χ0v) is 27.1. The van der Waals surface area contributed by atoms with E-state index in [0.29, 0.717) is 30.2 Å². The number of aliphatic hydroxyl groups is 1. The summed E-state index contributed by atoms with van der Waals surface area (Å²) in [6.45, 7) is 12.7. The number of anilines is 1. The highest BCUT2D eigenvalue weighted by molar-refractivity contribution is 8.02. The fourth-order valence-corrected chi connectivity index (χ4v) is 10.4. The van der Waals surface area contributed by atoms with Crippen LogP contribution in [0.3, 0.4) is 0 Å². The van der Waals surface area contributed by atoms with Crippen LogP contribution in [0.25, 0.3) is 0 Å². The maximum absolute atomic E-state index is 15.0. The number of likely N-dealkylation sites (tertiary alicyclic amines) is 1. The number of carbonyl (C=O) groups is 3. The van der Waals surface area contributed by atoms with E-state index in [1.807, 2.05) is 49.4 Å². The second-order valence-corrected chi connectivity index (χ2v) is 14.0. The first-order valence-electron chi connectivity index (χ1n) is 15.5. The number of hydrogen-bond donors (Lipinski definition) is 1. The van der Waals surface area contributed by atoms with Crippen LogP contribution in [-0.2, 0) is 20.8 Å². The molecular weight excluding hydrogens is 594 g/mol. The van der Waals surface area contributed by atoms with Crippen molar-refractivity contribution in [2.75, 3.05) is 31.1 Å². The predicted molar refractivity (Wildman–Crippen MR) is 178 cm³/mol. The number of thioether (sulfide) groups is 1. The number of benzene rings is 2. The van der Waals surface area contributed by atoms with E-state index < -0.39 is 28.7 Å². The molecule has 0 aliphatic carbocycles. The van der Waals surface area contributed by atoms with Crippen molar-refractivity contribution in [1.82, 2.24) is 9.80 Å². The molecule has 1 spiro atoms. The van der Waals surface area contributed by atoms with Crippen LogP contribution in [0.5, 0.6) is 0 Å². The van der Waals surface area contributed by atoms with Gasteiger partial charge in [-0.2, -0.15) is 0 Å². The van der Waals surface area contributed by atoms with Gasteiger partial charge in [-0.15, -0.1) is 24.9 Å². The Morgan fingerprint density at radius 3 is 2.43 bits per heavy atom. The smallest absolute Gasteiger partial charge is 0.251 e. The molecule has 7 atom stereocenters. The second-order valence-electron chi connectivity index (χ2n) is 12.1. The van der Waals surface area contributed by atoms with Gasteiger partial charge in [0.05, 0.1) is 39.9 Å². The number of rotatable bonds is 13. The molecule has 0 saturated carbocycles. The number of aliphatic hydroxyl groups excluding tert-OH is 1. The first kappa shape index (κ1) is 32.3. The van der Waals surface area contributed by atoms with Crippen LogP contribution in [0.4, 0.5) is 5.69 Å². The SMILES string of the molecule is C=CCN(CCC)C(=O)[C@@H]1[C@@H]2CC(C)C3(S2)C(C(=O)N(CC=C)c2ccccc2Cl)N([C@@H](CO)Cc2ccccc2)C(=O)[C@H]13. The summed E-state index contributed by atoms with van der Waals surface area (Å²) in [5, 5.41) is 11.2. The molecule has 0 aromatic heterocycles. The van der Waals surface area contributed by atoms with E-state index in [-0.39, 0.29) is 42.0 Å². The summed E-state index contributed by atoms with van der Waals surface area (Å²) < 4.78 is -0.837. The molecule has 3 aliphatic rings. The number of nitrogens with zero attached hydrogens (tertiary/aromatic N) is 3. The van der Waals surface area contributed by atoms with Gasteiger partial charge in [-0.1, -0.05) is 80.1 Å². The number of amides is 3. The second kappa shape index (κ2) is 13.5. The minimum Gasteiger partial charge on any atom is -0.394 e. The standard InChI is InChI=1S/C35H42ClN3O4S/c1-5-17-37(18-6-2)32(41)29-28-20-23(4)35(44-28)30(29)33(42)39(25(22-40)21-24-13-9-8-10-14-24)31(35)34(43)38(19-7-3)27-16-12-11-15-26(27)36/h5,7-16,23,25,28-31,40H,1,3,6,17-22H2,2,4H3/t23?,25-,28+,29-,30+,31?,35?/m1/s1. The summed E-state index contributed by atoms with van der Waals surface area (Å²) in [5.74, 6) is -1.81. The molecule has 0 radical (unpaired) electrons. The molecular formula is C35H42ClN3O4S. The van der Waals surface area contributed by atoms with Crippen LogP contribution >= 0.6 is 23.4 Å². The first-order chi connectivity index (χ1) is 21.2. The summed E-state index contributed by atoms with van der Waals surface area (Å²) in [6.07, 6.45) is 5.27. The van der Waals surface area contributed by atoms with Crippen molar-refractivity contribution in [3.63, 3.8) is 0 Å². The highest BCUT2D eigenvalue weighted by Crippen LogP contribution is 2.69. The van der Waals surface area contributed by atoms with Gasteiger partial charge in [0.1, 0.15) is 6.04 Å². The lowest BCUT2D eigenvalue weighted by Crippen LogP contribution is -2.59. The highest BCUT2D eigenvalue weighted by Gasteiger charge is 2.77. The van der Waals surface area contributed by atoms with E-state index in [2.05, 4.69) is 20.1 Å². The fourth-order valence-electron chi connectivity index (χ4n) is 7.73. The van der Waals surface area contributed by atoms with E-state index >= 15 is 4.79 Å². The average Bonchev–Trinajstić information content (AvgIpc) is 3.62. The van der Waals surface area contributed by atoms with Gasteiger partial charge in [0.2, 0.25) is 11.8 Å². The Balaban J connectivity index is 1.65. The topological polar surface area (TPSA) is 81.2 Å². The summed E-state index contributed by atoms with van der Waals surface area (Å²) in [7, 11) is 0. The van der Waals surface area contributed by atoms with E-state index in [9.17, 15) is 14.7 Å². The number of carbonyl (C=O) groups excluding carboxylic acids is 3. The van der Waals surface area contributed by atoms with Gasteiger partial charge < -0.3 is 19.8 Å². The van der Waals surface area contributed by atoms with E-state index in [1.165, 1.54) is 0 Å². The van der Waals surface area contributed by atoms with Crippen LogP contribution in [0.15, 0.2) is 79.9 Å². The monoisotopic (exact) mass is 635 g/mol. The normalized spacial score (nSPS) is 27.6. The molecule has 44 heavy (non-hydrogen) atoms. The summed E-state index contributed by atoms with van der Waals surface area (Å²) >= 11 is 8.27. The predicted octanol–water partition coefficient (Wildman–Crippen LogP) is 5.22. The minimum atomic E-state index is -0.904. The minimum absolute atomic E-state index is 0.0126. The molecule has 3 fully saturated rings. The van der Waals surface area contributed by atoms with Crippen LogP contribution in [0.1, 0.15) is 32.3 Å². The van der Waals surface area contributed by atoms with Crippen LogP contribution < -0.4 is 4.90 Å². The van der Waals surface area contributed by atoms with Crippen molar-refractivity contribution < 1.29 is 19.5 Å². The quantitative estimate of drug-likeness (QED) is 0.305. The Labute approximate surface area is 269 Å². The Bertz CT molecular complexity index is 1410. The van der Waals surface area contributed by atoms with Crippen molar-refractivity contribution >= 4 is 46.8 Å². The molecule has 234 valence electrons. The molecule has 3 aliphatic heterocycles. The van der Waals surface area contributed by atoms with Gasteiger partial charge in [-0.3, -0.25) is 14.4 Å². The van der Waals surface area contributed by atoms with Crippen molar-refractivity contribution in [2.24, 2.45) is 17.8 Å². The molecule has 7 nitrogen and oxygen atoms in total. The van der Waals surface area contributed by atoms with Gasteiger partial charge in [0.15, 0.2) is 0 Å². The number of fused-ring (bicyclic) bond motifs is 1. The largest absolute Gasteiger partial charge is 0.394 e. The molecule has 5 rings (SSSR count). The van der Waals surface area contributed by atoms with Gasteiger partial charge in [0.25, 0.3) is 5.91 Å². The summed E-state index contributed by atoms with van der Waals surface area (Å²) in [4.78, 5) is 49.2. The summed E-state index contributed by atoms with van der Waals surface area (Å²) in [6, 6.07) is 15.3. The van der Waals surface area contributed by atoms with Crippen molar-refractivity contribution in [3.05, 3.63) is 90.5 Å². The van der Waals surface area contributed by atoms with Crippen LogP contribution in [-0.4, -0.2) is 80.9 Å². The summed E-state index contributed by atoms with van der Waals surface area (Å²) in [5.41, 5.74) is 1.49. The lowest BCUT2D eigenvalue weighted by atomic mass is 9.65. The van der Waals surface area contributed by atoms with Crippen molar-refractivity contribution in [1.29, 1.82) is 0 Å². The van der Waals surface area contributed by atoms with E-state index in [1.54, 1.807) is 50.7 Å². The Hall–Kier alpha value is -3.07. The maximum atomic E-state index is 15.0. The van der Waals surface area contributed by atoms with Gasteiger partial charge >= 0.3 is 0 Å². The Morgan fingerprint density at radius 1 is 1.11 bits per heavy atom. The van der Waals surface area contributed by atoms with Crippen molar-refractivity contribution in [2.45, 2.75) is 55.2 Å². The third-order valence-electron chi connectivity index (χ3n) is 9.50. The van der Waals surface area contributed by atoms with Gasteiger partial charge in [-0.05, 0) is 42.9 Å². The zero-order valence-electron chi connectivity index (χ0n) is 25.5. The lowest BCUT2D eigenvalue weighted by Gasteiger charge is -2.42. The fraction of sp³-hybridized carbons (Fsp3) is 0.457. The molecule has 3 amide bonds. The average molecular weight is 636 g/mol. The maximum Gasteiger partial charge on any atom is 0.251 e. The lowest BCUT2D eigenvalue weighted by molar-refractivity contribution is -0.145. The van der Waals surface area contributed by atoms with Crippen LogP contribution in [0, 0.1) is 17.8 Å². The van der Waals surface area contributed by atoms with E-state index in [4.69, 9.17) is 11.6 Å². The molecule has 3 saturated heterocycles. The van der Waals surface area contributed by atoms with Crippen LogP contribution in [0.2, 0.25) is 5.02 Å². The van der Waals surface area contributed by atoms with Gasteiger partial charge in [0, 0.05) is 24.9 Å². The molecule has 2 aromatic carbocycles. The third kappa shape index (κ3) is 5.39. The Kier molecular flexibility index (Phi) is 9.93. The molecule has 2 aromatic rings. The number of halogens is 1. The zero-order chi connectivity index (χ0) is 31.6. The van der Waals surface area contributed by atoms with E-state index in [0.717, 1.165) is 18.4 Å². The highest BCUT2D eigenvalue weighted by atomic mass is 35.5. The molecule has 3 unspecified atom stereocenters. The molecule has 9 heteroatoms. The number of para-hydroxylation sites is 1. The molecule has 2 bridgehead atoms. The Morgan fingerprint density at radius 2 is 1.80 bits per heavy atom. The third-order valence-corrected chi connectivity index (χ3v) is 11.9. The first-order valence-corrected chi connectivity index (χ1v) is 16.7. The van der Waals surface area contributed by atoms with Gasteiger partial charge in [-0.25, -0.2) is 0 Å². The molecule has 3 heterocycles. The van der Waals surface area contributed by atoms with Crippen molar-refractivity contribution in [3.8, 4) is 0 Å². The molecule has 1 N–H and O–H groups in total.